The highest BCUT2D eigenvalue weighted by Gasteiger charge is 2.13. The molecule has 1 unspecified atom stereocenters. The molecule has 0 saturated heterocycles. The molecule has 0 radical (unpaired) electrons. The van der Waals surface area contributed by atoms with Crippen LogP contribution in [0.25, 0.3) is 0 Å². The summed E-state index contributed by atoms with van der Waals surface area (Å²) in [6.07, 6.45) is 1.58. The summed E-state index contributed by atoms with van der Waals surface area (Å²) >= 11 is 1.61. The van der Waals surface area contributed by atoms with E-state index in [1.807, 2.05) is 23.8 Å². The topological polar surface area (TPSA) is 62.2 Å². The molecule has 0 spiro atoms. The largest absolute Gasteiger partial charge is 0.478 e. The lowest BCUT2D eigenvalue weighted by Gasteiger charge is -2.14. The highest BCUT2D eigenvalue weighted by Crippen LogP contribution is 2.22. The van der Waals surface area contributed by atoms with Crippen LogP contribution in [0.4, 0.5) is 5.82 Å². The number of rotatable bonds is 4. The number of nitrogens with zero attached hydrogens (tertiary/aromatic N) is 1. The van der Waals surface area contributed by atoms with Gasteiger partial charge < -0.3 is 10.4 Å². The second kappa shape index (κ2) is 4.97. The first kappa shape index (κ1) is 11.6. The molecule has 17 heavy (non-hydrogen) atoms. The van der Waals surface area contributed by atoms with Crippen LogP contribution in [0.2, 0.25) is 0 Å². The molecule has 2 aromatic rings. The van der Waals surface area contributed by atoms with E-state index in [9.17, 15) is 4.79 Å². The third-order valence-corrected chi connectivity index (χ3v) is 3.14. The number of carbonyl (C=O) groups is 1. The number of aromatic nitrogens is 1. The van der Waals surface area contributed by atoms with Crippen LogP contribution in [-0.2, 0) is 0 Å². The summed E-state index contributed by atoms with van der Waals surface area (Å²) < 4.78 is 0. The highest BCUT2D eigenvalue weighted by molar-refractivity contribution is 7.07. The summed E-state index contributed by atoms with van der Waals surface area (Å²) in [6, 6.07) is 5.20. The van der Waals surface area contributed by atoms with Crippen molar-refractivity contribution in [2.24, 2.45) is 0 Å². The molecule has 2 rings (SSSR count). The predicted molar refractivity (Wildman–Crippen MR) is 67.6 cm³/mol. The molecule has 88 valence electrons. The molecule has 0 aliphatic heterocycles. The number of hydrogen-bond acceptors (Lipinski definition) is 4. The minimum Gasteiger partial charge on any atom is -0.478 e. The number of aromatic carboxylic acids is 1. The van der Waals surface area contributed by atoms with E-state index in [4.69, 9.17) is 5.11 Å². The first-order valence-electron chi connectivity index (χ1n) is 5.15. The van der Waals surface area contributed by atoms with Crippen LogP contribution in [0.15, 0.2) is 35.2 Å². The maximum Gasteiger partial charge on any atom is 0.339 e. The molecule has 2 heterocycles. The Bertz CT molecular complexity index is 511. The summed E-state index contributed by atoms with van der Waals surface area (Å²) in [6.45, 7) is 1.97. The Morgan fingerprint density at radius 1 is 1.53 bits per heavy atom. The van der Waals surface area contributed by atoms with Crippen LogP contribution in [0.5, 0.6) is 0 Å². The molecular weight excluding hydrogens is 236 g/mol. The van der Waals surface area contributed by atoms with Crippen LogP contribution in [0.3, 0.4) is 0 Å². The van der Waals surface area contributed by atoms with Crippen molar-refractivity contribution < 1.29 is 9.90 Å². The Hall–Kier alpha value is -1.88. The molecule has 0 aliphatic rings. The number of carboxylic acids is 1. The van der Waals surface area contributed by atoms with Crippen molar-refractivity contribution in [1.82, 2.24) is 4.98 Å². The van der Waals surface area contributed by atoms with E-state index in [1.54, 1.807) is 23.6 Å². The van der Waals surface area contributed by atoms with Gasteiger partial charge in [0.25, 0.3) is 0 Å². The van der Waals surface area contributed by atoms with Crippen LogP contribution in [-0.4, -0.2) is 16.1 Å². The zero-order valence-corrected chi connectivity index (χ0v) is 10.1. The van der Waals surface area contributed by atoms with Gasteiger partial charge in [-0.25, -0.2) is 9.78 Å². The Balaban J connectivity index is 2.21. The first-order chi connectivity index (χ1) is 8.18. The highest BCUT2D eigenvalue weighted by atomic mass is 32.1. The molecule has 5 heteroatoms. The molecular formula is C12H12N2O2S. The number of hydrogen-bond donors (Lipinski definition) is 2. The van der Waals surface area contributed by atoms with E-state index in [0.29, 0.717) is 5.82 Å². The van der Waals surface area contributed by atoms with Crippen LogP contribution in [0, 0.1) is 0 Å². The lowest BCUT2D eigenvalue weighted by molar-refractivity contribution is 0.0697. The average molecular weight is 248 g/mol. The first-order valence-corrected chi connectivity index (χ1v) is 6.09. The van der Waals surface area contributed by atoms with Crippen molar-refractivity contribution in [3.05, 3.63) is 46.3 Å². The number of anilines is 1. The van der Waals surface area contributed by atoms with Crippen molar-refractivity contribution in [3.63, 3.8) is 0 Å². The van der Waals surface area contributed by atoms with Crippen molar-refractivity contribution in [3.8, 4) is 0 Å². The standard InChI is InChI=1S/C12H12N2O2S/c1-8(9-4-6-17-7-9)14-11-10(12(15)16)3-2-5-13-11/h2-8H,1H3,(H,13,14)(H,15,16). The molecule has 0 aromatic carbocycles. The number of carboxylic acid groups (broad SMARTS) is 1. The van der Waals surface area contributed by atoms with E-state index in [1.165, 1.54) is 6.07 Å². The van der Waals surface area contributed by atoms with Crippen molar-refractivity contribution in [2.75, 3.05) is 5.32 Å². The van der Waals surface area contributed by atoms with Gasteiger partial charge in [-0.1, -0.05) is 0 Å². The maximum atomic E-state index is 11.0. The normalized spacial score (nSPS) is 12.1. The zero-order valence-electron chi connectivity index (χ0n) is 9.25. The SMILES string of the molecule is CC(Nc1ncccc1C(=O)O)c1ccsc1. The van der Waals surface area contributed by atoms with Crippen LogP contribution < -0.4 is 5.32 Å². The number of pyridine rings is 1. The minimum absolute atomic E-state index is 0.0363. The third kappa shape index (κ3) is 2.62. The van der Waals surface area contributed by atoms with Gasteiger partial charge in [-0.05, 0) is 41.4 Å². The van der Waals surface area contributed by atoms with Gasteiger partial charge in [0.2, 0.25) is 0 Å². The van der Waals surface area contributed by atoms with Gasteiger partial charge in [-0.2, -0.15) is 11.3 Å². The summed E-state index contributed by atoms with van der Waals surface area (Å²) in [5.74, 6) is -0.572. The van der Waals surface area contributed by atoms with E-state index in [-0.39, 0.29) is 11.6 Å². The Morgan fingerprint density at radius 3 is 3.00 bits per heavy atom. The van der Waals surface area contributed by atoms with Crippen molar-refractivity contribution in [2.45, 2.75) is 13.0 Å². The number of nitrogens with one attached hydrogen (secondary N) is 1. The lowest BCUT2D eigenvalue weighted by atomic mass is 10.1. The summed E-state index contributed by atoms with van der Waals surface area (Å²) in [5.41, 5.74) is 1.31. The maximum absolute atomic E-state index is 11.0. The second-order valence-corrected chi connectivity index (χ2v) is 4.41. The fraction of sp³-hybridized carbons (Fsp3) is 0.167. The molecule has 0 bridgehead atoms. The van der Waals surface area contributed by atoms with Crippen molar-refractivity contribution in [1.29, 1.82) is 0 Å². The molecule has 0 fully saturated rings. The van der Waals surface area contributed by atoms with Gasteiger partial charge in [-0.3, -0.25) is 0 Å². The van der Waals surface area contributed by atoms with Gasteiger partial charge in [0.15, 0.2) is 0 Å². The average Bonchev–Trinajstić information content (AvgIpc) is 2.83. The van der Waals surface area contributed by atoms with Crippen LogP contribution >= 0.6 is 11.3 Å². The van der Waals surface area contributed by atoms with Gasteiger partial charge >= 0.3 is 5.97 Å². The molecule has 2 aromatic heterocycles. The quantitative estimate of drug-likeness (QED) is 0.873. The minimum atomic E-state index is -0.974. The summed E-state index contributed by atoms with van der Waals surface area (Å²) in [7, 11) is 0. The fourth-order valence-electron chi connectivity index (χ4n) is 1.50. The summed E-state index contributed by atoms with van der Waals surface area (Å²) in [5, 5.41) is 16.2. The van der Waals surface area contributed by atoms with E-state index < -0.39 is 5.97 Å². The van der Waals surface area contributed by atoms with E-state index in [2.05, 4.69) is 10.3 Å². The molecule has 2 N–H and O–H groups in total. The third-order valence-electron chi connectivity index (χ3n) is 2.43. The monoisotopic (exact) mass is 248 g/mol. The molecule has 1 atom stereocenters. The fourth-order valence-corrected chi connectivity index (χ4v) is 2.26. The Kier molecular flexibility index (Phi) is 3.39. The van der Waals surface area contributed by atoms with Gasteiger partial charge in [0.1, 0.15) is 11.4 Å². The van der Waals surface area contributed by atoms with Gasteiger partial charge in [0, 0.05) is 6.20 Å². The smallest absolute Gasteiger partial charge is 0.339 e. The van der Waals surface area contributed by atoms with E-state index >= 15 is 0 Å². The predicted octanol–water partition coefficient (Wildman–Crippen LogP) is 3.01. The molecule has 0 amide bonds. The van der Waals surface area contributed by atoms with E-state index in [0.717, 1.165) is 5.56 Å². The zero-order chi connectivity index (χ0) is 12.3. The molecule has 4 nitrogen and oxygen atoms in total. The Labute approximate surface area is 103 Å². The Morgan fingerprint density at radius 2 is 2.35 bits per heavy atom. The van der Waals surface area contributed by atoms with Crippen LogP contribution in [0.1, 0.15) is 28.9 Å². The van der Waals surface area contributed by atoms with Gasteiger partial charge in [0.05, 0.1) is 6.04 Å². The number of thiophene rings is 1. The molecule has 0 aliphatic carbocycles. The second-order valence-electron chi connectivity index (χ2n) is 3.63. The summed E-state index contributed by atoms with van der Waals surface area (Å²) in [4.78, 5) is 15.1. The molecule has 0 saturated carbocycles. The van der Waals surface area contributed by atoms with Crippen molar-refractivity contribution >= 4 is 23.1 Å². The lowest BCUT2D eigenvalue weighted by Crippen LogP contribution is -2.11. The van der Waals surface area contributed by atoms with Gasteiger partial charge in [-0.15, -0.1) is 0 Å².